The van der Waals surface area contributed by atoms with Crippen molar-refractivity contribution in [1.29, 1.82) is 0 Å². The molecule has 2 aromatic rings. The number of aryl methyl sites for hydroxylation is 1. The van der Waals surface area contributed by atoms with Gasteiger partial charge in [-0.2, -0.15) is 0 Å². The van der Waals surface area contributed by atoms with Gasteiger partial charge in [-0.05, 0) is 32.8 Å². The highest BCUT2D eigenvalue weighted by molar-refractivity contribution is 7.10. The Hall–Kier alpha value is -2.18. The predicted octanol–water partition coefficient (Wildman–Crippen LogP) is 2.79. The van der Waals surface area contributed by atoms with Gasteiger partial charge in [-0.1, -0.05) is 30.3 Å². The van der Waals surface area contributed by atoms with Gasteiger partial charge < -0.3 is 16.0 Å². The average Bonchev–Trinajstić information content (AvgIpc) is 3.17. The molecule has 1 aliphatic rings. The third-order valence-electron chi connectivity index (χ3n) is 4.60. The monoisotopic (exact) mass is 371 g/mol. The van der Waals surface area contributed by atoms with E-state index >= 15 is 0 Å². The molecule has 5 nitrogen and oxygen atoms in total. The molecule has 0 spiro atoms. The van der Waals surface area contributed by atoms with Gasteiger partial charge in [0.25, 0.3) is 5.91 Å². The number of nitrogens with zero attached hydrogens (tertiary/aromatic N) is 1. The van der Waals surface area contributed by atoms with Gasteiger partial charge in [0.05, 0.1) is 5.56 Å². The molecule has 2 atom stereocenters. The Morgan fingerprint density at radius 1 is 1.27 bits per heavy atom. The lowest BCUT2D eigenvalue weighted by atomic mass is 10.0. The summed E-state index contributed by atoms with van der Waals surface area (Å²) in [5.74, 6) is -0.250. The molecule has 0 aliphatic carbocycles. The lowest BCUT2D eigenvalue weighted by Gasteiger charge is -2.25. The van der Waals surface area contributed by atoms with Crippen LogP contribution in [0.1, 0.15) is 35.5 Å². The van der Waals surface area contributed by atoms with Gasteiger partial charge in [0.2, 0.25) is 5.91 Å². The zero-order chi connectivity index (χ0) is 18.8. The van der Waals surface area contributed by atoms with Crippen LogP contribution in [0.4, 0.5) is 0 Å². The fraction of sp³-hybridized carbons (Fsp3) is 0.400. The molecule has 1 aromatic carbocycles. The first-order valence-electron chi connectivity index (χ1n) is 8.89. The van der Waals surface area contributed by atoms with Gasteiger partial charge in [-0.15, -0.1) is 11.3 Å². The second-order valence-corrected chi connectivity index (χ2v) is 8.16. The van der Waals surface area contributed by atoms with Crippen molar-refractivity contribution >= 4 is 23.2 Å². The summed E-state index contributed by atoms with van der Waals surface area (Å²) in [6.07, 6.45) is 0.494. The SMILES string of the molecule is Cc1scc(C(=O)N2C[C@H](N)C[C@H]2C(=O)NC(C)C)c1-c1ccccc1. The highest BCUT2D eigenvalue weighted by Crippen LogP contribution is 2.34. The minimum atomic E-state index is -0.510. The van der Waals surface area contributed by atoms with Crippen molar-refractivity contribution in [2.75, 3.05) is 6.54 Å². The molecule has 1 fully saturated rings. The number of nitrogens with two attached hydrogens (primary N) is 1. The van der Waals surface area contributed by atoms with Gasteiger partial charge in [0.1, 0.15) is 6.04 Å². The van der Waals surface area contributed by atoms with Crippen molar-refractivity contribution in [3.05, 3.63) is 46.2 Å². The third-order valence-corrected chi connectivity index (χ3v) is 5.51. The molecule has 3 N–H and O–H groups in total. The molecule has 2 amide bonds. The fourth-order valence-corrected chi connectivity index (χ4v) is 4.31. The molecule has 1 saturated heterocycles. The van der Waals surface area contributed by atoms with Crippen LogP contribution in [0.15, 0.2) is 35.7 Å². The maximum atomic E-state index is 13.3. The summed E-state index contributed by atoms with van der Waals surface area (Å²) >= 11 is 1.55. The summed E-state index contributed by atoms with van der Waals surface area (Å²) in [6.45, 7) is 6.24. The van der Waals surface area contributed by atoms with Gasteiger partial charge in [-0.25, -0.2) is 0 Å². The van der Waals surface area contributed by atoms with Gasteiger partial charge >= 0.3 is 0 Å². The Morgan fingerprint density at radius 3 is 2.62 bits per heavy atom. The molecule has 0 saturated carbocycles. The number of hydrogen-bond acceptors (Lipinski definition) is 4. The zero-order valence-electron chi connectivity index (χ0n) is 15.4. The molecule has 0 bridgehead atoms. The molecule has 6 heteroatoms. The third kappa shape index (κ3) is 3.66. The van der Waals surface area contributed by atoms with Crippen LogP contribution in [-0.2, 0) is 4.79 Å². The average molecular weight is 372 g/mol. The van der Waals surface area contributed by atoms with E-state index in [2.05, 4.69) is 5.32 Å². The highest BCUT2D eigenvalue weighted by Gasteiger charge is 2.39. The Kier molecular flexibility index (Phi) is 5.44. The minimum Gasteiger partial charge on any atom is -0.352 e. The summed E-state index contributed by atoms with van der Waals surface area (Å²) in [6, 6.07) is 9.23. The Morgan fingerprint density at radius 2 is 1.96 bits per heavy atom. The van der Waals surface area contributed by atoms with E-state index in [1.807, 2.05) is 56.5 Å². The number of amides is 2. The number of thiophene rings is 1. The van der Waals surface area contributed by atoms with E-state index in [1.165, 1.54) is 0 Å². The van der Waals surface area contributed by atoms with Gasteiger partial charge in [0, 0.05) is 34.4 Å². The van der Waals surface area contributed by atoms with E-state index in [0.717, 1.165) is 16.0 Å². The van der Waals surface area contributed by atoms with Crippen LogP contribution < -0.4 is 11.1 Å². The molecular formula is C20H25N3O2S. The van der Waals surface area contributed by atoms with Crippen molar-refractivity contribution in [2.24, 2.45) is 5.73 Å². The van der Waals surface area contributed by atoms with Crippen LogP contribution in [0.5, 0.6) is 0 Å². The molecule has 2 heterocycles. The topological polar surface area (TPSA) is 75.4 Å². The Bertz CT molecular complexity index is 801. The number of carbonyl (C=O) groups excluding carboxylic acids is 2. The maximum absolute atomic E-state index is 13.3. The van der Waals surface area contributed by atoms with Crippen LogP contribution >= 0.6 is 11.3 Å². The first-order chi connectivity index (χ1) is 12.4. The summed E-state index contributed by atoms with van der Waals surface area (Å²) in [4.78, 5) is 28.6. The zero-order valence-corrected chi connectivity index (χ0v) is 16.2. The van der Waals surface area contributed by atoms with E-state index in [0.29, 0.717) is 18.5 Å². The van der Waals surface area contributed by atoms with E-state index in [9.17, 15) is 9.59 Å². The number of likely N-dealkylation sites (tertiary alicyclic amines) is 1. The Labute approximate surface area is 158 Å². The predicted molar refractivity (Wildman–Crippen MR) is 105 cm³/mol. The van der Waals surface area contributed by atoms with Crippen molar-refractivity contribution in [3.63, 3.8) is 0 Å². The number of carbonyl (C=O) groups is 2. The molecule has 1 aromatic heterocycles. The lowest BCUT2D eigenvalue weighted by Crippen LogP contribution is -2.47. The summed E-state index contributed by atoms with van der Waals surface area (Å²) < 4.78 is 0. The number of hydrogen-bond donors (Lipinski definition) is 2. The van der Waals surface area contributed by atoms with Gasteiger partial charge in [0.15, 0.2) is 0 Å². The first-order valence-corrected chi connectivity index (χ1v) is 9.77. The second kappa shape index (κ2) is 7.60. The van der Waals surface area contributed by atoms with Crippen LogP contribution in [0.25, 0.3) is 11.1 Å². The first kappa shape index (κ1) is 18.6. The van der Waals surface area contributed by atoms with E-state index in [4.69, 9.17) is 5.73 Å². The van der Waals surface area contributed by atoms with Crippen molar-refractivity contribution < 1.29 is 9.59 Å². The highest BCUT2D eigenvalue weighted by atomic mass is 32.1. The van der Waals surface area contributed by atoms with Crippen LogP contribution in [0.3, 0.4) is 0 Å². The number of nitrogens with one attached hydrogen (secondary N) is 1. The van der Waals surface area contributed by atoms with Crippen LogP contribution in [0, 0.1) is 6.92 Å². The molecule has 138 valence electrons. The summed E-state index contributed by atoms with van der Waals surface area (Å²) in [7, 11) is 0. The van der Waals surface area contributed by atoms with E-state index < -0.39 is 6.04 Å². The van der Waals surface area contributed by atoms with Crippen molar-refractivity contribution in [2.45, 2.75) is 45.3 Å². The molecule has 1 aliphatic heterocycles. The molecule has 0 unspecified atom stereocenters. The minimum absolute atomic E-state index is 0.0274. The molecule has 3 rings (SSSR count). The fourth-order valence-electron chi connectivity index (χ4n) is 3.45. The Balaban J connectivity index is 1.93. The summed E-state index contributed by atoms with van der Waals surface area (Å²) in [5, 5.41) is 4.80. The number of rotatable bonds is 4. The van der Waals surface area contributed by atoms with Crippen LogP contribution in [0.2, 0.25) is 0 Å². The summed E-state index contributed by atoms with van der Waals surface area (Å²) in [5.41, 5.74) is 8.69. The van der Waals surface area contributed by atoms with Crippen molar-refractivity contribution in [3.8, 4) is 11.1 Å². The quantitative estimate of drug-likeness (QED) is 0.868. The largest absolute Gasteiger partial charge is 0.352 e. The van der Waals surface area contributed by atoms with E-state index in [1.54, 1.807) is 16.2 Å². The second-order valence-electron chi connectivity index (χ2n) is 7.08. The van der Waals surface area contributed by atoms with Crippen molar-refractivity contribution in [1.82, 2.24) is 10.2 Å². The normalized spacial score (nSPS) is 19.8. The standard InChI is InChI=1S/C20H25N3O2S/c1-12(2)22-19(24)17-9-15(21)10-23(17)20(25)16-11-26-13(3)18(16)14-7-5-4-6-8-14/h4-8,11-12,15,17H,9-10,21H2,1-3H3,(H,22,24)/t15-,17+/m1/s1. The molecule has 26 heavy (non-hydrogen) atoms. The molecular weight excluding hydrogens is 346 g/mol. The number of benzene rings is 1. The van der Waals surface area contributed by atoms with Gasteiger partial charge in [-0.3, -0.25) is 9.59 Å². The van der Waals surface area contributed by atoms with E-state index in [-0.39, 0.29) is 23.9 Å². The maximum Gasteiger partial charge on any atom is 0.256 e. The van der Waals surface area contributed by atoms with Crippen LogP contribution in [-0.4, -0.2) is 41.4 Å². The smallest absolute Gasteiger partial charge is 0.256 e. The molecule has 0 radical (unpaired) electrons. The lowest BCUT2D eigenvalue weighted by molar-refractivity contribution is -0.125.